The lowest BCUT2D eigenvalue weighted by Gasteiger charge is -2.06. The topological polar surface area (TPSA) is 9.23 Å². The van der Waals surface area contributed by atoms with E-state index in [4.69, 9.17) is 27.9 Å². The van der Waals surface area contributed by atoms with Crippen molar-refractivity contribution in [1.29, 1.82) is 0 Å². The van der Waals surface area contributed by atoms with E-state index in [9.17, 15) is 0 Å². The van der Waals surface area contributed by atoms with E-state index < -0.39 is 0 Å². The van der Waals surface area contributed by atoms with Gasteiger partial charge in [0.05, 0.1) is 7.11 Å². The van der Waals surface area contributed by atoms with Gasteiger partial charge in [0, 0.05) is 10.9 Å². The maximum atomic E-state index is 5.81. The summed E-state index contributed by atoms with van der Waals surface area (Å²) >= 11 is 11.4. The van der Waals surface area contributed by atoms with Gasteiger partial charge in [-0.15, -0.1) is 11.6 Å². The summed E-state index contributed by atoms with van der Waals surface area (Å²) in [6, 6.07) is 5.53. The maximum Gasteiger partial charge on any atom is 0.122 e. The van der Waals surface area contributed by atoms with Crippen molar-refractivity contribution in [2.45, 2.75) is 6.42 Å². The highest BCUT2D eigenvalue weighted by atomic mass is 35.5. The van der Waals surface area contributed by atoms with Crippen molar-refractivity contribution in [3.05, 3.63) is 28.8 Å². The molecule has 0 unspecified atom stereocenters. The number of benzene rings is 1. The Hall–Kier alpha value is -0.400. The minimum absolute atomic E-state index is 0.580. The van der Waals surface area contributed by atoms with Crippen LogP contribution >= 0.6 is 23.2 Å². The van der Waals surface area contributed by atoms with E-state index in [2.05, 4.69) is 0 Å². The highest BCUT2D eigenvalue weighted by Crippen LogP contribution is 2.23. The number of aryl methyl sites for hydroxylation is 1. The van der Waals surface area contributed by atoms with Gasteiger partial charge in [0.15, 0.2) is 0 Å². The molecule has 0 bridgehead atoms. The second kappa shape index (κ2) is 4.58. The van der Waals surface area contributed by atoms with Crippen LogP contribution in [0.2, 0.25) is 5.02 Å². The van der Waals surface area contributed by atoms with Crippen LogP contribution in [0.1, 0.15) is 5.56 Å². The van der Waals surface area contributed by atoms with Gasteiger partial charge >= 0.3 is 0 Å². The SMILES string of the molecule is COc1ccc(Cl)cc1CCCl. The van der Waals surface area contributed by atoms with Crippen molar-refractivity contribution in [3.63, 3.8) is 0 Å². The standard InChI is InChI=1S/C9H10Cl2O/c1-12-9-3-2-8(11)6-7(9)4-5-10/h2-3,6H,4-5H2,1H3. The first-order valence-corrected chi connectivity index (χ1v) is 4.57. The number of hydrogen-bond acceptors (Lipinski definition) is 1. The van der Waals surface area contributed by atoms with Crippen LogP contribution in [0.4, 0.5) is 0 Å². The molecule has 0 aromatic heterocycles. The van der Waals surface area contributed by atoms with E-state index in [0.29, 0.717) is 5.88 Å². The van der Waals surface area contributed by atoms with Crippen molar-refractivity contribution in [2.24, 2.45) is 0 Å². The van der Waals surface area contributed by atoms with E-state index in [1.54, 1.807) is 13.2 Å². The first kappa shape index (κ1) is 9.69. The van der Waals surface area contributed by atoms with Crippen molar-refractivity contribution in [3.8, 4) is 5.75 Å². The van der Waals surface area contributed by atoms with Gasteiger partial charge in [0.25, 0.3) is 0 Å². The highest BCUT2D eigenvalue weighted by molar-refractivity contribution is 6.30. The van der Waals surface area contributed by atoms with Gasteiger partial charge in [-0.25, -0.2) is 0 Å². The fourth-order valence-electron chi connectivity index (χ4n) is 1.04. The van der Waals surface area contributed by atoms with Gasteiger partial charge in [-0.1, -0.05) is 11.6 Å². The van der Waals surface area contributed by atoms with Gasteiger partial charge in [-0.2, -0.15) is 0 Å². The number of ether oxygens (including phenoxy) is 1. The largest absolute Gasteiger partial charge is 0.496 e. The van der Waals surface area contributed by atoms with Crippen molar-refractivity contribution < 1.29 is 4.74 Å². The molecular formula is C9H10Cl2O. The Morgan fingerprint density at radius 1 is 1.42 bits per heavy atom. The van der Waals surface area contributed by atoms with E-state index in [1.165, 1.54) is 0 Å². The van der Waals surface area contributed by atoms with Gasteiger partial charge in [0.1, 0.15) is 5.75 Å². The number of alkyl halides is 1. The first-order chi connectivity index (χ1) is 5.77. The summed E-state index contributed by atoms with van der Waals surface area (Å²) in [6.07, 6.45) is 0.783. The highest BCUT2D eigenvalue weighted by Gasteiger charge is 2.01. The van der Waals surface area contributed by atoms with Crippen molar-refractivity contribution in [2.75, 3.05) is 13.0 Å². The van der Waals surface area contributed by atoms with Gasteiger partial charge in [-0.3, -0.25) is 0 Å². The van der Waals surface area contributed by atoms with Crippen LogP contribution in [0.5, 0.6) is 5.75 Å². The van der Waals surface area contributed by atoms with Crippen LogP contribution in [0.3, 0.4) is 0 Å². The Labute approximate surface area is 82.2 Å². The minimum atomic E-state index is 0.580. The van der Waals surface area contributed by atoms with Crippen LogP contribution in [-0.4, -0.2) is 13.0 Å². The monoisotopic (exact) mass is 204 g/mol. The van der Waals surface area contributed by atoms with E-state index in [-0.39, 0.29) is 0 Å². The molecule has 0 radical (unpaired) electrons. The predicted octanol–water partition coefficient (Wildman–Crippen LogP) is 3.13. The molecule has 1 aromatic rings. The van der Waals surface area contributed by atoms with Crippen LogP contribution < -0.4 is 4.74 Å². The number of methoxy groups -OCH3 is 1. The summed E-state index contributed by atoms with van der Waals surface area (Å²) in [4.78, 5) is 0. The molecule has 0 aliphatic rings. The molecule has 0 amide bonds. The Morgan fingerprint density at radius 3 is 2.75 bits per heavy atom. The Morgan fingerprint density at radius 2 is 2.17 bits per heavy atom. The summed E-state index contributed by atoms with van der Waals surface area (Å²) in [7, 11) is 1.64. The molecule has 1 nitrogen and oxygen atoms in total. The smallest absolute Gasteiger partial charge is 0.122 e. The molecule has 0 aliphatic carbocycles. The molecule has 0 saturated carbocycles. The quantitative estimate of drug-likeness (QED) is 0.688. The summed E-state index contributed by atoms with van der Waals surface area (Å²) in [5, 5.41) is 0.718. The molecule has 0 saturated heterocycles. The van der Waals surface area contributed by atoms with Crippen LogP contribution in [0.15, 0.2) is 18.2 Å². The first-order valence-electron chi connectivity index (χ1n) is 3.66. The molecule has 1 aromatic carbocycles. The Balaban J connectivity index is 2.95. The van der Waals surface area contributed by atoms with Crippen molar-refractivity contribution in [1.82, 2.24) is 0 Å². The summed E-state index contributed by atoms with van der Waals surface area (Å²) in [6.45, 7) is 0. The summed E-state index contributed by atoms with van der Waals surface area (Å²) < 4.78 is 5.14. The summed E-state index contributed by atoms with van der Waals surface area (Å²) in [5.41, 5.74) is 1.06. The van der Waals surface area contributed by atoms with Crippen molar-refractivity contribution >= 4 is 23.2 Å². The third kappa shape index (κ3) is 2.29. The van der Waals surface area contributed by atoms with E-state index in [1.807, 2.05) is 12.1 Å². The van der Waals surface area contributed by atoms with Gasteiger partial charge < -0.3 is 4.74 Å². The zero-order chi connectivity index (χ0) is 8.97. The average molecular weight is 205 g/mol. The lowest BCUT2D eigenvalue weighted by molar-refractivity contribution is 0.410. The maximum absolute atomic E-state index is 5.81. The predicted molar refractivity (Wildman–Crippen MR) is 52.4 cm³/mol. The van der Waals surface area contributed by atoms with Crippen LogP contribution in [0.25, 0.3) is 0 Å². The number of hydrogen-bond donors (Lipinski definition) is 0. The number of halogens is 2. The lowest BCUT2D eigenvalue weighted by atomic mass is 10.1. The average Bonchev–Trinajstić information content (AvgIpc) is 2.05. The molecule has 0 N–H and O–H groups in total. The zero-order valence-electron chi connectivity index (χ0n) is 6.81. The minimum Gasteiger partial charge on any atom is -0.496 e. The Kier molecular flexibility index (Phi) is 3.70. The van der Waals surface area contributed by atoms with E-state index >= 15 is 0 Å². The third-order valence-corrected chi connectivity index (χ3v) is 2.03. The van der Waals surface area contributed by atoms with Gasteiger partial charge in [-0.05, 0) is 30.2 Å². The molecule has 0 aliphatic heterocycles. The molecule has 66 valence electrons. The van der Waals surface area contributed by atoms with Crippen LogP contribution in [-0.2, 0) is 6.42 Å². The molecule has 1 rings (SSSR count). The molecule has 3 heteroatoms. The van der Waals surface area contributed by atoms with Crippen LogP contribution in [0, 0.1) is 0 Å². The zero-order valence-corrected chi connectivity index (χ0v) is 8.32. The second-order valence-corrected chi connectivity index (χ2v) is 3.21. The third-order valence-electron chi connectivity index (χ3n) is 1.61. The van der Waals surface area contributed by atoms with Gasteiger partial charge in [0.2, 0.25) is 0 Å². The fourth-order valence-corrected chi connectivity index (χ4v) is 1.44. The van der Waals surface area contributed by atoms with E-state index in [0.717, 1.165) is 22.8 Å². The molecule has 0 atom stereocenters. The lowest BCUT2D eigenvalue weighted by Crippen LogP contribution is -1.92. The normalized spacial score (nSPS) is 9.92. The second-order valence-electron chi connectivity index (χ2n) is 2.40. The molecule has 0 spiro atoms. The molecule has 0 heterocycles. The summed E-state index contributed by atoms with van der Waals surface area (Å²) in [5.74, 6) is 1.43. The fraction of sp³-hybridized carbons (Fsp3) is 0.333. The Bertz CT molecular complexity index is 261. The number of rotatable bonds is 3. The molecule has 0 fully saturated rings. The molecule has 12 heavy (non-hydrogen) atoms. The molecular weight excluding hydrogens is 195 g/mol.